The highest BCUT2D eigenvalue weighted by Gasteiger charge is 2.23. The first-order valence-corrected chi connectivity index (χ1v) is 6.24. The molecule has 3 rings (SSSR count). The van der Waals surface area contributed by atoms with Crippen LogP contribution >= 0.6 is 0 Å². The zero-order chi connectivity index (χ0) is 12.5. The highest BCUT2D eigenvalue weighted by molar-refractivity contribution is 5.44. The van der Waals surface area contributed by atoms with E-state index in [1.807, 2.05) is 12.1 Å². The first-order valence-electron chi connectivity index (χ1n) is 6.24. The Hall–Kier alpha value is -1.80. The number of nitrogens with one attached hydrogen (secondary N) is 1. The summed E-state index contributed by atoms with van der Waals surface area (Å²) in [5, 5.41) is 3.56. The number of hydrogen-bond donors (Lipinski definition) is 1. The van der Waals surface area contributed by atoms with E-state index in [4.69, 9.17) is 4.74 Å². The van der Waals surface area contributed by atoms with Gasteiger partial charge in [-0.3, -0.25) is 0 Å². The Balaban J connectivity index is 2.02. The molecular formula is C16H17NO. The highest BCUT2D eigenvalue weighted by Crippen LogP contribution is 2.32. The van der Waals surface area contributed by atoms with Crippen LogP contribution in [0.15, 0.2) is 42.5 Å². The normalized spacial score (nSPS) is 17.6. The minimum absolute atomic E-state index is 0.287. The lowest BCUT2D eigenvalue weighted by Gasteiger charge is -2.14. The molecule has 1 atom stereocenters. The van der Waals surface area contributed by atoms with Crippen LogP contribution in [-0.2, 0) is 6.54 Å². The Bertz CT molecular complexity index is 577. The lowest BCUT2D eigenvalue weighted by Crippen LogP contribution is -2.13. The van der Waals surface area contributed by atoms with Gasteiger partial charge in [0.15, 0.2) is 0 Å². The summed E-state index contributed by atoms with van der Waals surface area (Å²) in [6.07, 6.45) is 0. The maximum atomic E-state index is 5.30. The van der Waals surface area contributed by atoms with E-state index in [0.717, 1.165) is 12.3 Å². The molecule has 92 valence electrons. The Morgan fingerprint density at radius 2 is 2.06 bits per heavy atom. The van der Waals surface area contributed by atoms with Gasteiger partial charge >= 0.3 is 0 Å². The predicted molar refractivity (Wildman–Crippen MR) is 72.9 cm³/mol. The third kappa shape index (κ3) is 1.89. The second-order valence-electron chi connectivity index (χ2n) is 4.79. The van der Waals surface area contributed by atoms with Crippen molar-refractivity contribution < 1.29 is 4.74 Å². The summed E-state index contributed by atoms with van der Waals surface area (Å²) in [6.45, 7) is 3.08. The Morgan fingerprint density at radius 3 is 2.89 bits per heavy atom. The number of methoxy groups -OCH3 is 1. The van der Waals surface area contributed by atoms with Crippen LogP contribution in [0.3, 0.4) is 0 Å². The molecule has 0 aliphatic carbocycles. The van der Waals surface area contributed by atoms with Crippen molar-refractivity contribution >= 4 is 0 Å². The summed E-state index contributed by atoms with van der Waals surface area (Å²) >= 11 is 0. The van der Waals surface area contributed by atoms with Gasteiger partial charge in [-0.2, -0.15) is 0 Å². The highest BCUT2D eigenvalue weighted by atomic mass is 16.5. The van der Waals surface area contributed by atoms with Gasteiger partial charge in [0.2, 0.25) is 0 Å². The summed E-state index contributed by atoms with van der Waals surface area (Å²) in [7, 11) is 1.71. The molecule has 2 aromatic carbocycles. The van der Waals surface area contributed by atoms with Gasteiger partial charge in [-0.25, -0.2) is 0 Å². The summed E-state index contributed by atoms with van der Waals surface area (Å²) in [6, 6.07) is 15.2. The molecule has 0 fully saturated rings. The minimum Gasteiger partial charge on any atom is -0.497 e. The second kappa shape index (κ2) is 4.46. The molecule has 1 aliphatic heterocycles. The SMILES string of the molecule is COc1cccc(C2NCc3ccc(C)cc32)c1. The number of fused-ring (bicyclic) bond motifs is 1. The maximum absolute atomic E-state index is 5.30. The minimum atomic E-state index is 0.287. The molecule has 0 bridgehead atoms. The zero-order valence-electron chi connectivity index (χ0n) is 10.7. The van der Waals surface area contributed by atoms with Crippen molar-refractivity contribution in [2.45, 2.75) is 19.5 Å². The number of ether oxygens (including phenoxy) is 1. The van der Waals surface area contributed by atoms with E-state index in [0.29, 0.717) is 0 Å². The van der Waals surface area contributed by atoms with E-state index >= 15 is 0 Å². The summed E-state index contributed by atoms with van der Waals surface area (Å²) in [5.41, 5.74) is 5.36. The molecule has 0 saturated heterocycles. The van der Waals surface area contributed by atoms with Crippen LogP contribution in [-0.4, -0.2) is 7.11 Å². The first-order chi connectivity index (χ1) is 8.78. The van der Waals surface area contributed by atoms with Gasteiger partial charge in [-0.1, -0.05) is 35.9 Å². The standard InChI is InChI=1S/C16H17NO/c1-11-6-7-13-10-17-16(15(13)8-11)12-4-3-5-14(9-12)18-2/h3-9,16-17H,10H2,1-2H3. The maximum Gasteiger partial charge on any atom is 0.119 e. The summed E-state index contributed by atoms with van der Waals surface area (Å²) in [4.78, 5) is 0. The van der Waals surface area contributed by atoms with E-state index < -0.39 is 0 Å². The third-order valence-corrected chi connectivity index (χ3v) is 3.54. The van der Waals surface area contributed by atoms with Crippen molar-refractivity contribution in [3.63, 3.8) is 0 Å². The fraction of sp³-hybridized carbons (Fsp3) is 0.250. The van der Waals surface area contributed by atoms with Gasteiger partial charge in [0, 0.05) is 6.54 Å². The van der Waals surface area contributed by atoms with Crippen LogP contribution in [0.2, 0.25) is 0 Å². The van der Waals surface area contributed by atoms with Crippen LogP contribution in [0.5, 0.6) is 5.75 Å². The van der Waals surface area contributed by atoms with Gasteiger partial charge in [-0.15, -0.1) is 0 Å². The number of benzene rings is 2. The molecule has 0 spiro atoms. The fourth-order valence-corrected chi connectivity index (χ4v) is 2.58. The average molecular weight is 239 g/mol. The van der Waals surface area contributed by atoms with Crippen molar-refractivity contribution in [1.29, 1.82) is 0 Å². The van der Waals surface area contributed by atoms with E-state index in [1.165, 1.54) is 22.3 Å². The lowest BCUT2D eigenvalue weighted by molar-refractivity contribution is 0.414. The quantitative estimate of drug-likeness (QED) is 0.869. The third-order valence-electron chi connectivity index (χ3n) is 3.54. The van der Waals surface area contributed by atoms with Crippen LogP contribution in [0.25, 0.3) is 0 Å². The summed E-state index contributed by atoms with van der Waals surface area (Å²) in [5.74, 6) is 0.912. The van der Waals surface area contributed by atoms with E-state index in [1.54, 1.807) is 7.11 Å². The Labute approximate surface area is 108 Å². The molecule has 0 amide bonds. The van der Waals surface area contributed by atoms with Crippen LogP contribution in [0, 0.1) is 6.92 Å². The average Bonchev–Trinajstić information content (AvgIpc) is 2.81. The number of aryl methyl sites for hydroxylation is 1. The largest absolute Gasteiger partial charge is 0.497 e. The molecule has 1 aliphatic rings. The lowest BCUT2D eigenvalue weighted by atomic mass is 9.97. The molecule has 18 heavy (non-hydrogen) atoms. The van der Waals surface area contributed by atoms with Crippen molar-refractivity contribution in [2.75, 3.05) is 7.11 Å². The zero-order valence-corrected chi connectivity index (χ0v) is 10.7. The first kappa shape index (κ1) is 11.3. The van der Waals surface area contributed by atoms with E-state index in [9.17, 15) is 0 Å². The van der Waals surface area contributed by atoms with E-state index in [-0.39, 0.29) is 6.04 Å². The molecule has 0 radical (unpaired) electrons. The molecular weight excluding hydrogens is 222 g/mol. The Kier molecular flexibility index (Phi) is 2.80. The molecule has 1 heterocycles. The van der Waals surface area contributed by atoms with E-state index in [2.05, 4.69) is 42.6 Å². The topological polar surface area (TPSA) is 21.3 Å². The van der Waals surface area contributed by atoms with Crippen LogP contribution in [0.1, 0.15) is 28.3 Å². The van der Waals surface area contributed by atoms with Gasteiger partial charge in [0.05, 0.1) is 13.2 Å². The predicted octanol–water partition coefficient (Wildman–Crippen LogP) is 3.20. The number of hydrogen-bond acceptors (Lipinski definition) is 2. The fourth-order valence-electron chi connectivity index (χ4n) is 2.58. The summed E-state index contributed by atoms with van der Waals surface area (Å²) < 4.78 is 5.30. The smallest absolute Gasteiger partial charge is 0.119 e. The van der Waals surface area contributed by atoms with Gasteiger partial charge < -0.3 is 10.1 Å². The molecule has 1 N–H and O–H groups in total. The van der Waals surface area contributed by atoms with Crippen LogP contribution < -0.4 is 10.1 Å². The van der Waals surface area contributed by atoms with Crippen LogP contribution in [0.4, 0.5) is 0 Å². The molecule has 0 saturated carbocycles. The monoisotopic (exact) mass is 239 g/mol. The molecule has 2 heteroatoms. The molecule has 0 aromatic heterocycles. The van der Waals surface area contributed by atoms with Gasteiger partial charge in [0.25, 0.3) is 0 Å². The van der Waals surface area contributed by atoms with Crippen molar-refractivity contribution in [2.24, 2.45) is 0 Å². The molecule has 2 nitrogen and oxygen atoms in total. The second-order valence-corrected chi connectivity index (χ2v) is 4.79. The van der Waals surface area contributed by atoms with Crippen molar-refractivity contribution in [3.05, 3.63) is 64.7 Å². The Morgan fingerprint density at radius 1 is 1.17 bits per heavy atom. The molecule has 2 aromatic rings. The number of rotatable bonds is 2. The molecule has 1 unspecified atom stereocenters. The van der Waals surface area contributed by atoms with Crippen molar-refractivity contribution in [1.82, 2.24) is 5.32 Å². The van der Waals surface area contributed by atoms with Crippen molar-refractivity contribution in [3.8, 4) is 5.75 Å². The van der Waals surface area contributed by atoms with Gasteiger partial charge in [-0.05, 0) is 35.7 Å². The van der Waals surface area contributed by atoms with Gasteiger partial charge in [0.1, 0.15) is 5.75 Å².